The molecule has 0 aromatic carbocycles. The van der Waals surface area contributed by atoms with Crippen molar-refractivity contribution >= 4 is 5.97 Å². The molecule has 15 heavy (non-hydrogen) atoms. The lowest BCUT2D eigenvalue weighted by molar-refractivity contribution is -0.139. The first-order valence-corrected chi connectivity index (χ1v) is 5.84. The van der Waals surface area contributed by atoms with Crippen LogP contribution < -0.4 is 5.32 Å². The van der Waals surface area contributed by atoms with E-state index in [9.17, 15) is 4.79 Å². The van der Waals surface area contributed by atoms with Gasteiger partial charge in [0.2, 0.25) is 0 Å². The number of methoxy groups -OCH3 is 1. The van der Waals surface area contributed by atoms with Crippen LogP contribution in [-0.2, 0) is 9.53 Å². The van der Waals surface area contributed by atoms with E-state index in [1.807, 2.05) is 0 Å². The Balaban J connectivity index is 1.70. The fraction of sp³-hybridized carbons (Fsp3) is 0.909. The second-order valence-electron chi connectivity index (χ2n) is 4.52. The summed E-state index contributed by atoms with van der Waals surface area (Å²) in [4.78, 5) is 13.5. The summed E-state index contributed by atoms with van der Waals surface area (Å²) in [6, 6.07) is 1.31. The van der Waals surface area contributed by atoms with E-state index >= 15 is 0 Å². The molecule has 1 saturated carbocycles. The van der Waals surface area contributed by atoms with E-state index in [2.05, 4.69) is 15.0 Å². The number of likely N-dealkylation sites (tertiary alicyclic amines) is 1. The van der Waals surface area contributed by atoms with Gasteiger partial charge in [0.05, 0.1) is 13.7 Å². The van der Waals surface area contributed by atoms with Crippen LogP contribution in [0.2, 0.25) is 0 Å². The van der Waals surface area contributed by atoms with Gasteiger partial charge in [-0.15, -0.1) is 0 Å². The SMILES string of the molecule is COC(=O)CNC1CCCN(C2CC2)C1. The van der Waals surface area contributed by atoms with Gasteiger partial charge < -0.3 is 10.1 Å². The first-order chi connectivity index (χ1) is 7.29. The summed E-state index contributed by atoms with van der Waals surface area (Å²) in [6.45, 7) is 2.68. The normalized spacial score (nSPS) is 27.7. The molecule has 4 heteroatoms. The van der Waals surface area contributed by atoms with Gasteiger partial charge in [-0.1, -0.05) is 0 Å². The van der Waals surface area contributed by atoms with Gasteiger partial charge in [0, 0.05) is 18.6 Å². The summed E-state index contributed by atoms with van der Waals surface area (Å²) in [5.41, 5.74) is 0. The van der Waals surface area contributed by atoms with Crippen molar-refractivity contribution in [2.45, 2.75) is 37.8 Å². The molecule has 1 saturated heterocycles. The number of ether oxygens (including phenoxy) is 1. The highest BCUT2D eigenvalue weighted by atomic mass is 16.5. The van der Waals surface area contributed by atoms with E-state index in [0.717, 1.165) is 12.6 Å². The number of hydrogen-bond donors (Lipinski definition) is 1. The molecule has 0 bridgehead atoms. The Morgan fingerprint density at radius 2 is 2.27 bits per heavy atom. The average molecular weight is 212 g/mol. The van der Waals surface area contributed by atoms with Gasteiger partial charge in [-0.25, -0.2) is 0 Å². The molecule has 4 nitrogen and oxygen atoms in total. The number of carbonyl (C=O) groups is 1. The minimum Gasteiger partial charge on any atom is -0.468 e. The highest BCUT2D eigenvalue weighted by Gasteiger charge is 2.32. The molecule has 0 amide bonds. The largest absolute Gasteiger partial charge is 0.468 e. The van der Waals surface area contributed by atoms with Crippen LogP contribution in [0.4, 0.5) is 0 Å². The number of hydrogen-bond acceptors (Lipinski definition) is 4. The number of esters is 1. The fourth-order valence-corrected chi connectivity index (χ4v) is 2.24. The third-order valence-corrected chi connectivity index (χ3v) is 3.28. The molecule has 0 spiro atoms. The fourth-order valence-electron chi connectivity index (χ4n) is 2.24. The Morgan fingerprint density at radius 3 is 2.93 bits per heavy atom. The van der Waals surface area contributed by atoms with Crippen molar-refractivity contribution in [3.05, 3.63) is 0 Å². The zero-order valence-corrected chi connectivity index (χ0v) is 9.37. The Bertz CT molecular complexity index is 229. The van der Waals surface area contributed by atoms with Crippen LogP contribution in [0.15, 0.2) is 0 Å². The molecule has 2 aliphatic rings. The van der Waals surface area contributed by atoms with E-state index in [4.69, 9.17) is 0 Å². The molecule has 1 aliphatic heterocycles. The summed E-state index contributed by atoms with van der Waals surface area (Å²) < 4.78 is 4.61. The van der Waals surface area contributed by atoms with Crippen LogP contribution in [0.1, 0.15) is 25.7 Å². The number of rotatable bonds is 4. The van der Waals surface area contributed by atoms with Crippen molar-refractivity contribution in [2.75, 3.05) is 26.7 Å². The maximum absolute atomic E-state index is 11.0. The predicted octanol–water partition coefficient (Wildman–Crippen LogP) is 0.376. The van der Waals surface area contributed by atoms with E-state index in [0.29, 0.717) is 12.6 Å². The van der Waals surface area contributed by atoms with Crippen molar-refractivity contribution in [3.63, 3.8) is 0 Å². The van der Waals surface area contributed by atoms with E-state index in [-0.39, 0.29) is 5.97 Å². The van der Waals surface area contributed by atoms with Crippen molar-refractivity contribution in [3.8, 4) is 0 Å². The number of carbonyl (C=O) groups excluding carboxylic acids is 1. The van der Waals surface area contributed by atoms with Gasteiger partial charge in [0.15, 0.2) is 0 Å². The zero-order chi connectivity index (χ0) is 10.7. The van der Waals surface area contributed by atoms with Crippen LogP contribution in [0, 0.1) is 0 Å². The quantitative estimate of drug-likeness (QED) is 0.684. The Labute approximate surface area is 91.0 Å². The van der Waals surface area contributed by atoms with Crippen LogP contribution >= 0.6 is 0 Å². The summed E-state index contributed by atoms with van der Waals surface area (Å²) in [5.74, 6) is -0.168. The highest BCUT2D eigenvalue weighted by Crippen LogP contribution is 2.29. The van der Waals surface area contributed by atoms with Crippen LogP contribution in [0.5, 0.6) is 0 Å². The Kier molecular flexibility index (Phi) is 3.59. The number of nitrogens with zero attached hydrogens (tertiary/aromatic N) is 1. The van der Waals surface area contributed by atoms with E-state index < -0.39 is 0 Å². The molecule has 1 N–H and O–H groups in total. The third-order valence-electron chi connectivity index (χ3n) is 3.28. The zero-order valence-electron chi connectivity index (χ0n) is 9.37. The molecule has 1 unspecified atom stereocenters. The second kappa shape index (κ2) is 4.94. The molecule has 0 aromatic rings. The average Bonchev–Trinajstić information content (AvgIpc) is 3.10. The molecule has 1 heterocycles. The van der Waals surface area contributed by atoms with E-state index in [1.165, 1.54) is 39.3 Å². The van der Waals surface area contributed by atoms with Gasteiger partial charge in [0.25, 0.3) is 0 Å². The molecular formula is C11H20N2O2. The van der Waals surface area contributed by atoms with Crippen LogP contribution in [0.25, 0.3) is 0 Å². The minimum atomic E-state index is -0.168. The lowest BCUT2D eigenvalue weighted by Crippen LogP contribution is -2.47. The molecule has 0 aromatic heterocycles. The molecule has 1 aliphatic carbocycles. The van der Waals surface area contributed by atoms with Gasteiger partial charge in [0.1, 0.15) is 0 Å². The van der Waals surface area contributed by atoms with Gasteiger partial charge in [-0.05, 0) is 32.2 Å². The number of piperidine rings is 1. The first kappa shape index (κ1) is 10.9. The smallest absolute Gasteiger partial charge is 0.319 e. The molecular weight excluding hydrogens is 192 g/mol. The minimum absolute atomic E-state index is 0.168. The first-order valence-electron chi connectivity index (χ1n) is 5.84. The summed E-state index contributed by atoms with van der Waals surface area (Å²) in [5, 5.41) is 3.27. The summed E-state index contributed by atoms with van der Waals surface area (Å²) >= 11 is 0. The van der Waals surface area contributed by atoms with Crippen molar-refractivity contribution in [1.29, 1.82) is 0 Å². The van der Waals surface area contributed by atoms with Gasteiger partial charge in [-0.2, -0.15) is 0 Å². The molecule has 2 fully saturated rings. The monoisotopic (exact) mass is 212 g/mol. The maximum atomic E-state index is 11.0. The second-order valence-corrected chi connectivity index (χ2v) is 4.52. The lowest BCUT2D eigenvalue weighted by atomic mass is 10.1. The molecule has 86 valence electrons. The number of nitrogens with one attached hydrogen (secondary N) is 1. The third kappa shape index (κ3) is 3.18. The van der Waals surface area contributed by atoms with Crippen molar-refractivity contribution < 1.29 is 9.53 Å². The van der Waals surface area contributed by atoms with E-state index in [1.54, 1.807) is 0 Å². The predicted molar refractivity (Wildman–Crippen MR) is 57.6 cm³/mol. The maximum Gasteiger partial charge on any atom is 0.319 e. The van der Waals surface area contributed by atoms with Crippen LogP contribution in [-0.4, -0.2) is 49.7 Å². The van der Waals surface area contributed by atoms with Gasteiger partial charge >= 0.3 is 5.97 Å². The Hall–Kier alpha value is -0.610. The van der Waals surface area contributed by atoms with Crippen molar-refractivity contribution in [2.24, 2.45) is 0 Å². The standard InChI is InChI=1S/C11H20N2O2/c1-15-11(14)7-12-9-3-2-6-13(8-9)10-4-5-10/h9-10,12H,2-8H2,1H3. The summed E-state index contributed by atoms with van der Waals surface area (Å²) in [7, 11) is 1.43. The molecule has 0 radical (unpaired) electrons. The topological polar surface area (TPSA) is 41.6 Å². The summed E-state index contributed by atoms with van der Waals surface area (Å²) in [6.07, 6.45) is 5.16. The highest BCUT2D eigenvalue weighted by molar-refractivity contribution is 5.71. The van der Waals surface area contributed by atoms with Crippen LogP contribution in [0.3, 0.4) is 0 Å². The van der Waals surface area contributed by atoms with Crippen molar-refractivity contribution in [1.82, 2.24) is 10.2 Å². The molecule has 2 rings (SSSR count). The Morgan fingerprint density at radius 1 is 1.47 bits per heavy atom. The molecule has 1 atom stereocenters. The van der Waals surface area contributed by atoms with Gasteiger partial charge in [-0.3, -0.25) is 9.69 Å². The lowest BCUT2D eigenvalue weighted by Gasteiger charge is -2.33.